The molecule has 27 heavy (non-hydrogen) atoms. The average Bonchev–Trinajstić information content (AvgIpc) is 3.31. The van der Waals surface area contributed by atoms with Crippen molar-refractivity contribution in [3.8, 4) is 5.75 Å². The molecule has 0 spiro atoms. The second-order valence-electron chi connectivity index (χ2n) is 6.96. The lowest BCUT2D eigenvalue weighted by atomic mass is 10.1. The third kappa shape index (κ3) is 4.08. The molecule has 1 heterocycles. The van der Waals surface area contributed by atoms with Crippen LogP contribution in [0.15, 0.2) is 23.1 Å². The molecule has 1 atom stereocenters. The summed E-state index contributed by atoms with van der Waals surface area (Å²) in [6.07, 6.45) is 4.53. The molecule has 2 aliphatic rings. The van der Waals surface area contributed by atoms with Gasteiger partial charge in [-0.3, -0.25) is 4.79 Å². The Morgan fingerprint density at radius 3 is 2.52 bits per heavy atom. The van der Waals surface area contributed by atoms with Crippen LogP contribution in [-0.4, -0.2) is 56.0 Å². The topological polar surface area (TPSA) is 113 Å². The van der Waals surface area contributed by atoms with E-state index in [0.717, 1.165) is 25.7 Å². The molecule has 2 N–H and O–H groups in total. The van der Waals surface area contributed by atoms with Crippen molar-refractivity contribution in [2.24, 2.45) is 0 Å². The number of carbonyl (C=O) groups is 2. The Bertz CT molecular complexity index is 832. The van der Waals surface area contributed by atoms with Crippen LogP contribution in [0.25, 0.3) is 0 Å². The maximum Gasteiger partial charge on any atom is 0.326 e. The SMILES string of the molecule is COc1ccc(C(=O)N2CCC[C@H]2C(=O)O)cc1S(=O)(=O)NC1CCCC1. The molecule has 8 nitrogen and oxygen atoms in total. The van der Waals surface area contributed by atoms with Crippen LogP contribution in [0.2, 0.25) is 0 Å². The van der Waals surface area contributed by atoms with Crippen molar-refractivity contribution in [2.45, 2.75) is 55.5 Å². The second kappa shape index (κ2) is 7.85. The van der Waals surface area contributed by atoms with E-state index in [9.17, 15) is 23.1 Å². The zero-order valence-electron chi connectivity index (χ0n) is 15.2. The number of aliphatic carboxylic acids is 1. The van der Waals surface area contributed by atoms with Gasteiger partial charge in [-0.1, -0.05) is 12.8 Å². The fourth-order valence-corrected chi connectivity index (χ4v) is 5.28. The van der Waals surface area contributed by atoms with Crippen LogP contribution in [-0.2, 0) is 14.8 Å². The van der Waals surface area contributed by atoms with E-state index in [1.165, 1.54) is 30.2 Å². The fourth-order valence-electron chi connectivity index (χ4n) is 3.78. The first-order valence-corrected chi connectivity index (χ1v) is 10.6. The molecular formula is C18H24N2O6S. The van der Waals surface area contributed by atoms with E-state index in [4.69, 9.17) is 4.74 Å². The zero-order valence-corrected chi connectivity index (χ0v) is 16.0. The molecule has 1 aliphatic heterocycles. The number of benzene rings is 1. The van der Waals surface area contributed by atoms with Crippen molar-refractivity contribution in [3.05, 3.63) is 23.8 Å². The Balaban J connectivity index is 1.91. The summed E-state index contributed by atoms with van der Waals surface area (Å²) >= 11 is 0. The van der Waals surface area contributed by atoms with Gasteiger partial charge in [0.25, 0.3) is 5.91 Å². The van der Waals surface area contributed by atoms with Crippen molar-refractivity contribution in [1.82, 2.24) is 9.62 Å². The highest BCUT2D eigenvalue weighted by Gasteiger charge is 2.35. The Hall–Kier alpha value is -2.13. The van der Waals surface area contributed by atoms with Crippen LogP contribution >= 0.6 is 0 Å². The van der Waals surface area contributed by atoms with Gasteiger partial charge in [-0.25, -0.2) is 17.9 Å². The van der Waals surface area contributed by atoms with Gasteiger partial charge in [-0.15, -0.1) is 0 Å². The summed E-state index contributed by atoms with van der Waals surface area (Å²) in [4.78, 5) is 25.3. The molecule has 9 heteroatoms. The number of methoxy groups -OCH3 is 1. The van der Waals surface area contributed by atoms with E-state index < -0.39 is 27.9 Å². The number of rotatable bonds is 6. The first-order valence-electron chi connectivity index (χ1n) is 9.07. The van der Waals surface area contributed by atoms with Crippen LogP contribution in [0.3, 0.4) is 0 Å². The van der Waals surface area contributed by atoms with E-state index in [1.54, 1.807) is 0 Å². The van der Waals surface area contributed by atoms with Gasteiger partial charge in [0.1, 0.15) is 16.7 Å². The van der Waals surface area contributed by atoms with Gasteiger partial charge in [0.15, 0.2) is 0 Å². The maximum absolute atomic E-state index is 12.8. The number of ether oxygens (including phenoxy) is 1. The minimum Gasteiger partial charge on any atom is -0.495 e. The molecule has 0 unspecified atom stereocenters. The first kappa shape index (κ1) is 19.6. The summed E-state index contributed by atoms with van der Waals surface area (Å²) in [5.41, 5.74) is 0.135. The lowest BCUT2D eigenvalue weighted by Crippen LogP contribution is -2.40. The van der Waals surface area contributed by atoms with Crippen LogP contribution in [0.5, 0.6) is 5.75 Å². The number of amides is 1. The number of hydrogen-bond donors (Lipinski definition) is 2. The van der Waals surface area contributed by atoms with Crippen LogP contribution in [0.1, 0.15) is 48.9 Å². The quantitative estimate of drug-likeness (QED) is 0.755. The van der Waals surface area contributed by atoms with Crippen molar-refractivity contribution in [3.63, 3.8) is 0 Å². The van der Waals surface area contributed by atoms with Crippen LogP contribution < -0.4 is 9.46 Å². The van der Waals surface area contributed by atoms with Crippen LogP contribution in [0.4, 0.5) is 0 Å². The van der Waals surface area contributed by atoms with Crippen molar-refractivity contribution in [2.75, 3.05) is 13.7 Å². The maximum atomic E-state index is 12.8. The Kier molecular flexibility index (Phi) is 5.71. The van der Waals surface area contributed by atoms with E-state index in [2.05, 4.69) is 4.72 Å². The van der Waals surface area contributed by atoms with Crippen molar-refractivity contribution >= 4 is 21.9 Å². The fraction of sp³-hybridized carbons (Fsp3) is 0.556. The lowest BCUT2D eigenvalue weighted by molar-refractivity contribution is -0.141. The monoisotopic (exact) mass is 396 g/mol. The number of hydrogen-bond acceptors (Lipinski definition) is 5. The smallest absolute Gasteiger partial charge is 0.326 e. The van der Waals surface area contributed by atoms with Crippen LogP contribution in [0, 0.1) is 0 Å². The summed E-state index contributed by atoms with van der Waals surface area (Å²) in [5.74, 6) is -1.39. The molecular weight excluding hydrogens is 372 g/mol. The summed E-state index contributed by atoms with van der Waals surface area (Å²) in [6.45, 7) is 0.338. The minimum atomic E-state index is -3.86. The van der Waals surface area contributed by atoms with E-state index in [-0.39, 0.29) is 22.3 Å². The molecule has 0 aromatic heterocycles. The number of sulfonamides is 1. The third-order valence-corrected chi connectivity index (χ3v) is 6.72. The molecule has 3 rings (SSSR count). The molecule has 1 aromatic carbocycles. The number of nitrogens with zero attached hydrogens (tertiary/aromatic N) is 1. The molecule has 2 fully saturated rings. The Morgan fingerprint density at radius 1 is 1.19 bits per heavy atom. The molecule has 148 valence electrons. The number of carboxylic acids is 1. The number of nitrogens with one attached hydrogen (secondary N) is 1. The standard InChI is InChI=1S/C18H24N2O6S/c1-26-15-9-8-12(17(21)20-10-4-7-14(20)18(22)23)11-16(15)27(24,25)19-13-5-2-3-6-13/h8-9,11,13-14,19H,2-7,10H2,1H3,(H,22,23)/t14-/m0/s1. The number of carboxylic acid groups (broad SMARTS) is 1. The number of carbonyl (C=O) groups excluding carboxylic acids is 1. The molecule has 0 radical (unpaired) electrons. The molecule has 1 saturated heterocycles. The minimum absolute atomic E-state index is 0.103. The van der Waals surface area contributed by atoms with Gasteiger partial charge in [0, 0.05) is 18.2 Å². The molecule has 1 saturated carbocycles. The van der Waals surface area contributed by atoms with Gasteiger partial charge in [0.2, 0.25) is 10.0 Å². The Morgan fingerprint density at radius 2 is 1.89 bits per heavy atom. The van der Waals surface area contributed by atoms with E-state index >= 15 is 0 Å². The highest BCUT2D eigenvalue weighted by Crippen LogP contribution is 2.29. The van der Waals surface area contributed by atoms with Gasteiger partial charge in [-0.05, 0) is 43.9 Å². The van der Waals surface area contributed by atoms with Gasteiger partial charge in [-0.2, -0.15) is 0 Å². The molecule has 1 aliphatic carbocycles. The largest absolute Gasteiger partial charge is 0.495 e. The second-order valence-corrected chi connectivity index (χ2v) is 8.65. The lowest BCUT2D eigenvalue weighted by Gasteiger charge is -2.22. The highest BCUT2D eigenvalue weighted by molar-refractivity contribution is 7.89. The average molecular weight is 396 g/mol. The zero-order chi connectivity index (χ0) is 19.6. The predicted molar refractivity (Wildman–Crippen MR) is 97.3 cm³/mol. The van der Waals surface area contributed by atoms with Gasteiger partial charge >= 0.3 is 5.97 Å². The predicted octanol–water partition coefficient (Wildman–Crippen LogP) is 1.61. The van der Waals surface area contributed by atoms with Gasteiger partial charge < -0.3 is 14.7 Å². The Labute approximate surface area is 158 Å². The summed E-state index contributed by atoms with van der Waals surface area (Å²) < 4.78 is 33.5. The van der Waals surface area contributed by atoms with Crippen molar-refractivity contribution in [1.29, 1.82) is 0 Å². The summed E-state index contributed by atoms with van der Waals surface area (Å²) in [7, 11) is -2.49. The summed E-state index contributed by atoms with van der Waals surface area (Å²) in [5, 5.41) is 9.29. The van der Waals surface area contributed by atoms with E-state index in [1.807, 2.05) is 0 Å². The molecule has 1 aromatic rings. The normalized spacial score (nSPS) is 20.8. The van der Waals surface area contributed by atoms with Crippen molar-refractivity contribution < 1.29 is 27.9 Å². The summed E-state index contributed by atoms with van der Waals surface area (Å²) in [6, 6.07) is 3.18. The first-order chi connectivity index (χ1) is 12.8. The van der Waals surface area contributed by atoms with Gasteiger partial charge in [0.05, 0.1) is 7.11 Å². The van der Waals surface area contributed by atoms with E-state index in [0.29, 0.717) is 19.4 Å². The molecule has 0 bridgehead atoms. The third-order valence-electron chi connectivity index (χ3n) is 5.18. The number of likely N-dealkylation sites (tertiary alicyclic amines) is 1. The highest BCUT2D eigenvalue weighted by atomic mass is 32.2. The molecule has 1 amide bonds.